The van der Waals surface area contributed by atoms with Crippen LogP contribution in [0.4, 0.5) is 13.2 Å². The minimum atomic E-state index is -4.43. The Kier molecular flexibility index (Phi) is 4.11. The summed E-state index contributed by atoms with van der Waals surface area (Å²) in [4.78, 5) is 0. The molecule has 0 saturated heterocycles. The van der Waals surface area contributed by atoms with E-state index in [9.17, 15) is 13.2 Å². The Balaban J connectivity index is 2.49. The minimum Gasteiger partial charge on any atom is -0.165 e. The maximum absolute atomic E-state index is 13.1. The lowest BCUT2D eigenvalue weighted by Crippen LogP contribution is -2.09. The van der Waals surface area contributed by atoms with Crippen molar-refractivity contribution in [3.05, 3.63) is 77.0 Å². The molecule has 0 aliphatic carbocycles. The average Bonchev–Trinajstić information content (AvgIpc) is 2.41. The van der Waals surface area contributed by atoms with Crippen molar-refractivity contribution in [2.75, 3.05) is 0 Å². The number of hydrogen-bond donors (Lipinski definition) is 0. The van der Waals surface area contributed by atoms with Gasteiger partial charge in [-0.2, -0.15) is 13.2 Å². The van der Waals surface area contributed by atoms with Crippen molar-refractivity contribution in [1.29, 1.82) is 0 Å². The summed E-state index contributed by atoms with van der Waals surface area (Å²) in [5.41, 5.74) is 3.34. The second-order valence-corrected chi connectivity index (χ2v) is 4.44. The van der Waals surface area contributed by atoms with Gasteiger partial charge in [-0.1, -0.05) is 60.2 Å². The normalized spacial score (nSPS) is 10.8. The summed E-state index contributed by atoms with van der Waals surface area (Å²) in [6.45, 7) is 1.83. The number of aryl methyl sites for hydroxylation is 1. The fraction of sp³-hybridized carbons (Fsp3) is 0.118. The minimum absolute atomic E-state index is 0.121. The van der Waals surface area contributed by atoms with E-state index < -0.39 is 11.7 Å². The van der Waals surface area contributed by atoms with Crippen molar-refractivity contribution in [3.63, 3.8) is 0 Å². The third kappa shape index (κ3) is 3.62. The van der Waals surface area contributed by atoms with Crippen LogP contribution < -0.4 is 0 Å². The van der Waals surface area contributed by atoms with Crippen molar-refractivity contribution in [2.45, 2.75) is 13.1 Å². The van der Waals surface area contributed by atoms with Gasteiger partial charge in [-0.15, -0.1) is 5.73 Å². The van der Waals surface area contributed by atoms with E-state index in [2.05, 4.69) is 5.73 Å². The molecule has 0 nitrogen and oxygen atoms in total. The smallest absolute Gasteiger partial charge is 0.165 e. The first kappa shape index (κ1) is 14.2. The molecule has 0 heterocycles. The second kappa shape index (κ2) is 5.81. The highest BCUT2D eigenvalue weighted by Crippen LogP contribution is 2.33. The molecule has 102 valence electrons. The molecule has 0 saturated carbocycles. The van der Waals surface area contributed by atoms with Crippen LogP contribution in [0.1, 0.15) is 16.7 Å². The molecule has 0 bridgehead atoms. The van der Waals surface area contributed by atoms with Gasteiger partial charge in [0.1, 0.15) is 5.57 Å². The summed E-state index contributed by atoms with van der Waals surface area (Å²) in [7, 11) is 0. The van der Waals surface area contributed by atoms with Crippen LogP contribution in [0.2, 0.25) is 0 Å². The molecule has 0 radical (unpaired) electrons. The molecule has 0 atom stereocenters. The predicted octanol–water partition coefficient (Wildman–Crippen LogP) is 5.25. The molecule has 2 rings (SSSR count). The van der Waals surface area contributed by atoms with Crippen LogP contribution in [0.3, 0.4) is 0 Å². The number of hydrogen-bond acceptors (Lipinski definition) is 0. The molecule has 0 N–H and O–H groups in total. The monoisotopic (exact) mass is 274 g/mol. The number of allylic oxidation sites excluding steroid dienone is 1. The van der Waals surface area contributed by atoms with Gasteiger partial charge in [-0.3, -0.25) is 0 Å². The summed E-state index contributed by atoms with van der Waals surface area (Å²) >= 11 is 0. The Hall–Kier alpha value is -2.25. The molecule has 2 aromatic rings. The molecular weight excluding hydrogens is 261 g/mol. The molecule has 0 aliphatic rings. The lowest BCUT2D eigenvalue weighted by molar-refractivity contribution is -0.0687. The van der Waals surface area contributed by atoms with Crippen LogP contribution in [-0.2, 0) is 0 Å². The lowest BCUT2D eigenvalue weighted by Gasteiger charge is -2.09. The maximum Gasteiger partial charge on any atom is 0.424 e. The lowest BCUT2D eigenvalue weighted by atomic mass is 10.0. The molecule has 0 fully saturated rings. The van der Waals surface area contributed by atoms with Crippen molar-refractivity contribution in [1.82, 2.24) is 0 Å². The van der Waals surface area contributed by atoms with Crippen LogP contribution >= 0.6 is 0 Å². The standard InChI is InChI=1S/C17H13F3/c1-13-7-10-15(11-8-13)16(17(18,19)20)12-9-14-5-3-2-4-6-14/h2-11H,1H3. The molecule has 0 spiro atoms. The predicted molar refractivity (Wildman–Crippen MR) is 75.1 cm³/mol. The Labute approximate surface area is 115 Å². The van der Waals surface area contributed by atoms with E-state index in [1.165, 1.54) is 18.2 Å². The van der Waals surface area contributed by atoms with E-state index in [1.807, 2.05) is 13.0 Å². The summed E-state index contributed by atoms with van der Waals surface area (Å²) < 4.78 is 39.3. The molecule has 2 aromatic carbocycles. The van der Waals surface area contributed by atoms with Crippen LogP contribution in [0.15, 0.2) is 60.3 Å². The van der Waals surface area contributed by atoms with Gasteiger partial charge < -0.3 is 0 Å². The third-order valence-corrected chi connectivity index (χ3v) is 2.81. The van der Waals surface area contributed by atoms with Crippen LogP contribution in [-0.4, -0.2) is 6.18 Å². The topological polar surface area (TPSA) is 0 Å². The summed E-state index contributed by atoms with van der Waals surface area (Å²) in [6.07, 6.45) is -3.08. The molecule has 20 heavy (non-hydrogen) atoms. The summed E-state index contributed by atoms with van der Waals surface area (Å²) in [5.74, 6) is 0. The van der Waals surface area contributed by atoms with Gasteiger partial charge in [0, 0.05) is 0 Å². The van der Waals surface area contributed by atoms with Crippen molar-refractivity contribution in [3.8, 4) is 0 Å². The average molecular weight is 274 g/mol. The highest BCUT2D eigenvalue weighted by atomic mass is 19.4. The van der Waals surface area contributed by atoms with Crippen molar-refractivity contribution >= 4 is 11.6 Å². The molecule has 3 heteroatoms. The number of benzene rings is 2. The summed E-state index contributed by atoms with van der Waals surface area (Å²) in [5, 5.41) is 0. The molecule has 0 unspecified atom stereocenters. The summed E-state index contributed by atoms with van der Waals surface area (Å²) in [6, 6.07) is 15.1. The number of rotatable bonds is 2. The zero-order valence-electron chi connectivity index (χ0n) is 10.9. The third-order valence-electron chi connectivity index (χ3n) is 2.81. The number of alkyl halides is 3. The van der Waals surface area contributed by atoms with Gasteiger partial charge in [0.15, 0.2) is 0 Å². The Morgan fingerprint density at radius 1 is 0.950 bits per heavy atom. The zero-order valence-corrected chi connectivity index (χ0v) is 10.9. The van der Waals surface area contributed by atoms with Crippen LogP contribution in [0, 0.1) is 6.92 Å². The first-order chi connectivity index (χ1) is 9.47. The molecular formula is C17H13F3. The second-order valence-electron chi connectivity index (χ2n) is 4.44. The van der Waals surface area contributed by atoms with Gasteiger partial charge in [0.25, 0.3) is 0 Å². The Morgan fingerprint density at radius 2 is 1.55 bits per heavy atom. The van der Waals surface area contributed by atoms with Crippen LogP contribution in [0.25, 0.3) is 11.6 Å². The maximum atomic E-state index is 13.1. The van der Waals surface area contributed by atoms with Gasteiger partial charge in [-0.25, -0.2) is 0 Å². The largest absolute Gasteiger partial charge is 0.424 e. The van der Waals surface area contributed by atoms with E-state index in [0.717, 1.165) is 5.56 Å². The van der Waals surface area contributed by atoms with E-state index >= 15 is 0 Å². The molecule has 0 aromatic heterocycles. The fourth-order valence-corrected chi connectivity index (χ4v) is 1.75. The molecule has 0 amide bonds. The Morgan fingerprint density at radius 3 is 2.10 bits per heavy atom. The van der Waals surface area contributed by atoms with Crippen molar-refractivity contribution in [2.24, 2.45) is 0 Å². The van der Waals surface area contributed by atoms with E-state index in [0.29, 0.717) is 5.56 Å². The highest BCUT2D eigenvalue weighted by molar-refractivity contribution is 5.72. The van der Waals surface area contributed by atoms with Crippen molar-refractivity contribution < 1.29 is 13.2 Å². The first-order valence-corrected chi connectivity index (χ1v) is 6.13. The van der Waals surface area contributed by atoms with Gasteiger partial charge in [-0.05, 0) is 24.1 Å². The van der Waals surface area contributed by atoms with Gasteiger partial charge in [0.05, 0.1) is 0 Å². The number of halogens is 3. The van der Waals surface area contributed by atoms with Gasteiger partial charge >= 0.3 is 6.18 Å². The highest BCUT2D eigenvalue weighted by Gasteiger charge is 2.34. The SMILES string of the molecule is Cc1ccc(C(=C=Cc2ccccc2)C(F)(F)F)cc1. The van der Waals surface area contributed by atoms with E-state index in [4.69, 9.17) is 0 Å². The first-order valence-electron chi connectivity index (χ1n) is 6.13. The van der Waals surface area contributed by atoms with E-state index in [1.54, 1.807) is 36.4 Å². The van der Waals surface area contributed by atoms with Gasteiger partial charge in [0.2, 0.25) is 0 Å². The Bertz CT molecular complexity index is 628. The fourth-order valence-electron chi connectivity index (χ4n) is 1.75. The van der Waals surface area contributed by atoms with Crippen LogP contribution in [0.5, 0.6) is 0 Å². The van der Waals surface area contributed by atoms with E-state index in [-0.39, 0.29) is 5.56 Å². The quantitative estimate of drug-likeness (QED) is 0.656. The molecule has 0 aliphatic heterocycles. The zero-order chi connectivity index (χ0) is 14.6.